The van der Waals surface area contributed by atoms with Gasteiger partial charge in [0, 0.05) is 27.9 Å². The smallest absolute Gasteiger partial charge is 0.269 e. The zero-order valence-electron chi connectivity index (χ0n) is 18.2. The van der Waals surface area contributed by atoms with Gasteiger partial charge in [0.15, 0.2) is 5.43 Å². The lowest BCUT2D eigenvalue weighted by Gasteiger charge is -2.20. The SMILES string of the molecule is Cc1cc(C(C)Nc2ccc(Cl)nc2[S+](C)[O-])c2oc(-c3ccccc3)c(C)c(=O)c2c1. The number of benzene rings is 2. The van der Waals surface area contributed by atoms with Crippen molar-refractivity contribution in [1.82, 2.24) is 4.98 Å². The molecule has 0 spiro atoms. The van der Waals surface area contributed by atoms with Gasteiger partial charge in [-0.05, 0) is 44.5 Å². The summed E-state index contributed by atoms with van der Waals surface area (Å²) >= 11 is 4.68. The summed E-state index contributed by atoms with van der Waals surface area (Å²) in [5.74, 6) is 0.559. The lowest BCUT2D eigenvalue weighted by atomic mass is 9.99. The summed E-state index contributed by atoms with van der Waals surface area (Å²) < 4.78 is 18.5. The fourth-order valence-corrected chi connectivity index (χ4v) is 4.67. The third kappa shape index (κ3) is 4.26. The van der Waals surface area contributed by atoms with Crippen molar-refractivity contribution in [3.63, 3.8) is 0 Å². The van der Waals surface area contributed by atoms with Crippen molar-refractivity contribution in [2.75, 3.05) is 11.6 Å². The van der Waals surface area contributed by atoms with Crippen LogP contribution < -0.4 is 10.7 Å². The van der Waals surface area contributed by atoms with E-state index in [2.05, 4.69) is 10.3 Å². The number of hydrogen-bond acceptors (Lipinski definition) is 5. The van der Waals surface area contributed by atoms with Gasteiger partial charge in [-0.2, -0.15) is 4.98 Å². The zero-order valence-corrected chi connectivity index (χ0v) is 19.8. The van der Waals surface area contributed by atoms with Crippen molar-refractivity contribution >= 4 is 39.4 Å². The van der Waals surface area contributed by atoms with Gasteiger partial charge in [-0.3, -0.25) is 4.79 Å². The Kier molecular flexibility index (Phi) is 6.29. The van der Waals surface area contributed by atoms with Crippen LogP contribution in [0.2, 0.25) is 5.15 Å². The quantitative estimate of drug-likeness (QED) is 0.286. The van der Waals surface area contributed by atoms with Crippen LogP contribution in [-0.4, -0.2) is 15.8 Å². The molecule has 1 N–H and O–H groups in total. The van der Waals surface area contributed by atoms with Crippen LogP contribution in [0.1, 0.15) is 29.7 Å². The molecule has 5 nitrogen and oxygen atoms in total. The van der Waals surface area contributed by atoms with Crippen molar-refractivity contribution in [2.45, 2.75) is 31.8 Å². The van der Waals surface area contributed by atoms with E-state index in [0.29, 0.717) is 33.0 Å². The van der Waals surface area contributed by atoms with Crippen molar-refractivity contribution in [3.05, 3.63) is 86.7 Å². The van der Waals surface area contributed by atoms with E-state index >= 15 is 0 Å². The number of anilines is 1. The largest absolute Gasteiger partial charge is 0.610 e. The first kappa shape index (κ1) is 22.4. The van der Waals surface area contributed by atoms with Crippen molar-refractivity contribution < 1.29 is 8.97 Å². The molecule has 0 bridgehead atoms. The molecule has 32 heavy (non-hydrogen) atoms. The van der Waals surface area contributed by atoms with Gasteiger partial charge in [0.2, 0.25) is 0 Å². The highest BCUT2D eigenvalue weighted by atomic mass is 35.5. The number of nitrogens with zero attached hydrogens (tertiary/aromatic N) is 1. The maximum Gasteiger partial charge on any atom is 0.269 e. The van der Waals surface area contributed by atoms with Gasteiger partial charge < -0.3 is 14.3 Å². The zero-order chi connectivity index (χ0) is 23.0. The fourth-order valence-electron chi connectivity index (χ4n) is 3.81. The molecule has 4 aromatic rings. The maximum atomic E-state index is 13.2. The number of rotatable bonds is 5. The summed E-state index contributed by atoms with van der Waals surface area (Å²) in [6, 6.07) is 16.6. The first-order valence-electron chi connectivity index (χ1n) is 10.2. The second-order valence-electron chi connectivity index (χ2n) is 7.79. The number of aryl methyl sites for hydroxylation is 1. The minimum Gasteiger partial charge on any atom is -0.610 e. The van der Waals surface area contributed by atoms with Crippen LogP contribution in [0.15, 0.2) is 68.8 Å². The molecule has 2 aromatic carbocycles. The maximum absolute atomic E-state index is 13.2. The average molecular weight is 467 g/mol. The minimum absolute atomic E-state index is 0.0502. The molecular weight excluding hydrogens is 444 g/mol. The molecule has 2 heterocycles. The van der Waals surface area contributed by atoms with Crippen LogP contribution in [0.3, 0.4) is 0 Å². The lowest BCUT2D eigenvalue weighted by Crippen LogP contribution is -2.14. The Morgan fingerprint density at radius 1 is 1.12 bits per heavy atom. The monoisotopic (exact) mass is 466 g/mol. The normalized spacial score (nSPS) is 13.2. The van der Waals surface area contributed by atoms with E-state index in [1.807, 2.05) is 56.3 Å². The van der Waals surface area contributed by atoms with E-state index < -0.39 is 11.2 Å². The van der Waals surface area contributed by atoms with Gasteiger partial charge in [0.1, 0.15) is 28.4 Å². The molecule has 0 aliphatic heterocycles. The van der Waals surface area contributed by atoms with Gasteiger partial charge in [0.25, 0.3) is 5.03 Å². The number of nitrogens with one attached hydrogen (secondary N) is 1. The Morgan fingerprint density at radius 3 is 2.53 bits per heavy atom. The van der Waals surface area contributed by atoms with E-state index in [1.54, 1.807) is 25.3 Å². The van der Waals surface area contributed by atoms with Crippen LogP contribution in [0.5, 0.6) is 0 Å². The molecule has 7 heteroatoms. The van der Waals surface area contributed by atoms with Crippen LogP contribution in [0, 0.1) is 13.8 Å². The third-order valence-electron chi connectivity index (χ3n) is 5.36. The molecular formula is C25H23ClN2O3S. The van der Waals surface area contributed by atoms with E-state index in [0.717, 1.165) is 16.7 Å². The molecule has 0 saturated carbocycles. The van der Waals surface area contributed by atoms with E-state index in [9.17, 15) is 9.35 Å². The van der Waals surface area contributed by atoms with Crippen LogP contribution >= 0.6 is 11.6 Å². The lowest BCUT2D eigenvalue weighted by molar-refractivity contribution is 0.597. The number of pyridine rings is 1. The summed E-state index contributed by atoms with van der Waals surface area (Å²) in [6.45, 7) is 5.71. The summed E-state index contributed by atoms with van der Waals surface area (Å²) in [5, 5.41) is 4.57. The summed E-state index contributed by atoms with van der Waals surface area (Å²) in [5.41, 5.74) is 4.31. The molecule has 2 unspecified atom stereocenters. The van der Waals surface area contributed by atoms with Crippen molar-refractivity contribution in [1.29, 1.82) is 0 Å². The van der Waals surface area contributed by atoms with Gasteiger partial charge in [-0.25, -0.2) is 0 Å². The Balaban J connectivity index is 1.87. The highest BCUT2D eigenvalue weighted by Gasteiger charge is 2.21. The molecule has 2 aromatic heterocycles. The predicted octanol–water partition coefficient (Wildman–Crippen LogP) is 6.04. The van der Waals surface area contributed by atoms with Crippen molar-refractivity contribution in [3.8, 4) is 11.3 Å². The third-order valence-corrected chi connectivity index (χ3v) is 6.43. The summed E-state index contributed by atoms with van der Waals surface area (Å²) in [7, 11) is 0. The van der Waals surface area contributed by atoms with Crippen LogP contribution in [0.4, 0.5) is 5.69 Å². The molecule has 164 valence electrons. The van der Waals surface area contributed by atoms with Gasteiger partial charge in [0.05, 0.1) is 11.4 Å². The first-order valence-corrected chi connectivity index (χ1v) is 12.1. The molecule has 2 atom stereocenters. The van der Waals surface area contributed by atoms with Crippen LogP contribution in [-0.2, 0) is 11.2 Å². The molecule has 0 saturated heterocycles. The average Bonchev–Trinajstić information content (AvgIpc) is 2.77. The van der Waals surface area contributed by atoms with Crippen molar-refractivity contribution in [2.24, 2.45) is 0 Å². The Hall–Kier alpha value is -2.80. The number of hydrogen-bond donors (Lipinski definition) is 1. The van der Waals surface area contributed by atoms with Gasteiger partial charge in [-0.15, -0.1) is 0 Å². The topological polar surface area (TPSA) is 78.2 Å². The second-order valence-corrected chi connectivity index (χ2v) is 9.47. The molecule has 4 rings (SSSR count). The van der Waals surface area contributed by atoms with E-state index in [-0.39, 0.29) is 16.6 Å². The highest BCUT2D eigenvalue weighted by molar-refractivity contribution is 7.90. The molecule has 0 fully saturated rings. The molecule has 0 radical (unpaired) electrons. The fraction of sp³-hybridized carbons (Fsp3) is 0.200. The Bertz CT molecular complexity index is 1350. The first-order chi connectivity index (χ1) is 15.3. The Labute approximate surface area is 194 Å². The molecule has 0 aliphatic carbocycles. The minimum atomic E-state index is -1.32. The van der Waals surface area contributed by atoms with E-state index in [1.165, 1.54) is 0 Å². The molecule has 0 aliphatic rings. The van der Waals surface area contributed by atoms with Gasteiger partial charge in [-0.1, -0.05) is 48.0 Å². The number of halogens is 1. The number of aromatic nitrogens is 1. The highest BCUT2D eigenvalue weighted by Crippen LogP contribution is 2.33. The number of fused-ring (bicyclic) bond motifs is 1. The summed E-state index contributed by atoms with van der Waals surface area (Å²) in [4.78, 5) is 17.5. The standard InChI is InChI=1S/C25H23ClN2O3S/c1-14-12-18(16(3)27-20-10-11-21(26)28-25(20)32(4)30)24-19(13-14)22(29)15(2)23(31-24)17-8-6-5-7-9-17/h5-13,16,27H,1-4H3. The van der Waals surface area contributed by atoms with Crippen LogP contribution in [0.25, 0.3) is 22.3 Å². The molecule has 0 amide bonds. The Morgan fingerprint density at radius 2 is 1.84 bits per heavy atom. The predicted molar refractivity (Wildman–Crippen MR) is 131 cm³/mol. The van der Waals surface area contributed by atoms with Gasteiger partial charge >= 0.3 is 0 Å². The summed E-state index contributed by atoms with van der Waals surface area (Å²) in [6.07, 6.45) is 1.56. The second kappa shape index (κ2) is 8.98. The van der Waals surface area contributed by atoms with E-state index in [4.69, 9.17) is 16.0 Å².